The van der Waals surface area contributed by atoms with E-state index in [1.165, 1.54) is 11.1 Å². The van der Waals surface area contributed by atoms with Crippen LogP contribution in [-0.4, -0.2) is 54.5 Å². The van der Waals surface area contributed by atoms with E-state index in [1.54, 1.807) is 11.8 Å². The lowest BCUT2D eigenvalue weighted by atomic mass is 10.1. The van der Waals surface area contributed by atoms with Crippen molar-refractivity contribution in [3.8, 4) is 11.5 Å². The Bertz CT molecular complexity index is 988. The first kappa shape index (κ1) is 27.5. The van der Waals surface area contributed by atoms with E-state index >= 15 is 0 Å². The number of amides is 1. The van der Waals surface area contributed by atoms with E-state index in [0.717, 1.165) is 37.7 Å². The standard InChI is InChI=1S/C29H39NO6/c1-4-34-27(28(31)32)19-22-10-13-25(14-11-22)35-18-17-30(16-6-7-21(2)3)29(33)36-26-15-12-23-8-5-9-24(23)20-26/h10-15,20-21,27H,4-9,16-19H2,1-3H3,(H,31,32). The van der Waals surface area contributed by atoms with E-state index in [1.807, 2.05) is 36.4 Å². The van der Waals surface area contributed by atoms with Gasteiger partial charge in [-0.3, -0.25) is 0 Å². The van der Waals surface area contributed by atoms with Crippen LogP contribution >= 0.6 is 0 Å². The number of aryl methyl sites for hydroxylation is 2. The Morgan fingerprint density at radius 2 is 1.72 bits per heavy atom. The maximum absolute atomic E-state index is 13.0. The molecule has 0 aliphatic heterocycles. The molecule has 0 fully saturated rings. The van der Waals surface area contributed by atoms with Gasteiger partial charge in [0.25, 0.3) is 0 Å². The number of carbonyl (C=O) groups excluding carboxylic acids is 1. The van der Waals surface area contributed by atoms with Crippen molar-refractivity contribution in [2.45, 2.75) is 65.4 Å². The molecule has 0 heterocycles. The number of rotatable bonds is 14. The average molecular weight is 498 g/mol. The van der Waals surface area contributed by atoms with Gasteiger partial charge in [-0.05, 0) is 85.9 Å². The van der Waals surface area contributed by atoms with Crippen molar-refractivity contribution in [2.75, 3.05) is 26.3 Å². The van der Waals surface area contributed by atoms with Gasteiger partial charge in [0.05, 0.1) is 6.54 Å². The minimum Gasteiger partial charge on any atom is -0.492 e. The Kier molecular flexibility index (Phi) is 10.6. The molecule has 7 nitrogen and oxygen atoms in total. The summed E-state index contributed by atoms with van der Waals surface area (Å²) in [7, 11) is 0. The van der Waals surface area contributed by atoms with Crippen molar-refractivity contribution < 1.29 is 28.9 Å². The van der Waals surface area contributed by atoms with Crippen LogP contribution in [0.3, 0.4) is 0 Å². The molecule has 0 bridgehead atoms. The van der Waals surface area contributed by atoms with Gasteiger partial charge < -0.3 is 24.2 Å². The normalized spacial score (nSPS) is 13.3. The first-order valence-corrected chi connectivity index (χ1v) is 13.0. The number of carboxylic acids is 1. The number of hydrogen-bond donors (Lipinski definition) is 1. The minimum absolute atomic E-state index is 0.293. The molecule has 1 aliphatic carbocycles. The Morgan fingerprint density at radius 1 is 1.00 bits per heavy atom. The Hall–Kier alpha value is -3.06. The molecule has 7 heteroatoms. The largest absolute Gasteiger partial charge is 0.492 e. The molecule has 1 atom stereocenters. The summed E-state index contributed by atoms with van der Waals surface area (Å²) in [6, 6.07) is 13.2. The average Bonchev–Trinajstić information content (AvgIpc) is 3.31. The lowest BCUT2D eigenvalue weighted by Crippen LogP contribution is -2.37. The number of ether oxygens (including phenoxy) is 3. The fraction of sp³-hybridized carbons (Fsp3) is 0.517. The molecule has 0 saturated heterocycles. The van der Waals surface area contributed by atoms with Crippen molar-refractivity contribution in [3.05, 3.63) is 59.2 Å². The molecule has 0 spiro atoms. The van der Waals surface area contributed by atoms with Gasteiger partial charge in [-0.1, -0.05) is 32.0 Å². The summed E-state index contributed by atoms with van der Waals surface area (Å²) in [5, 5.41) is 9.27. The molecule has 1 unspecified atom stereocenters. The highest BCUT2D eigenvalue weighted by molar-refractivity contribution is 5.72. The predicted octanol–water partition coefficient (Wildman–Crippen LogP) is 5.52. The number of carbonyl (C=O) groups is 2. The first-order valence-electron chi connectivity index (χ1n) is 13.0. The number of benzene rings is 2. The van der Waals surface area contributed by atoms with Crippen LogP contribution in [0.15, 0.2) is 42.5 Å². The zero-order valence-corrected chi connectivity index (χ0v) is 21.7. The summed E-state index contributed by atoms with van der Waals surface area (Å²) < 4.78 is 16.9. The van der Waals surface area contributed by atoms with E-state index in [2.05, 4.69) is 19.9 Å². The summed E-state index contributed by atoms with van der Waals surface area (Å²) in [4.78, 5) is 26.0. The van der Waals surface area contributed by atoms with Gasteiger partial charge >= 0.3 is 12.1 Å². The summed E-state index contributed by atoms with van der Waals surface area (Å²) in [5.74, 6) is 0.855. The number of hydrogen-bond acceptors (Lipinski definition) is 5. The molecule has 36 heavy (non-hydrogen) atoms. The molecule has 1 amide bonds. The molecule has 2 aromatic carbocycles. The van der Waals surface area contributed by atoms with Crippen LogP contribution in [-0.2, 0) is 28.8 Å². The Balaban J connectivity index is 1.54. The van der Waals surface area contributed by atoms with Crippen molar-refractivity contribution in [1.29, 1.82) is 0 Å². The molecule has 0 radical (unpaired) electrons. The van der Waals surface area contributed by atoms with Gasteiger partial charge in [0.15, 0.2) is 6.10 Å². The van der Waals surface area contributed by atoms with Crippen LogP contribution in [0.5, 0.6) is 11.5 Å². The number of nitrogens with zero attached hydrogens (tertiary/aromatic N) is 1. The topological polar surface area (TPSA) is 85.3 Å². The number of aliphatic carboxylic acids is 1. The third-order valence-electron chi connectivity index (χ3n) is 6.36. The highest BCUT2D eigenvalue weighted by Gasteiger charge is 2.19. The molecule has 1 N–H and O–H groups in total. The monoisotopic (exact) mass is 497 g/mol. The molecular weight excluding hydrogens is 458 g/mol. The third kappa shape index (κ3) is 8.55. The summed E-state index contributed by atoms with van der Waals surface area (Å²) in [5.41, 5.74) is 3.48. The van der Waals surface area contributed by atoms with E-state index in [-0.39, 0.29) is 6.09 Å². The quantitative estimate of drug-likeness (QED) is 0.370. The van der Waals surface area contributed by atoms with Gasteiger partial charge in [-0.2, -0.15) is 0 Å². The van der Waals surface area contributed by atoms with Gasteiger partial charge in [0.1, 0.15) is 18.1 Å². The second-order valence-electron chi connectivity index (χ2n) is 9.65. The van der Waals surface area contributed by atoms with Crippen molar-refractivity contribution in [3.63, 3.8) is 0 Å². The highest BCUT2D eigenvalue weighted by atomic mass is 16.6. The molecule has 0 aromatic heterocycles. The second kappa shape index (κ2) is 13.9. The predicted molar refractivity (Wildman–Crippen MR) is 139 cm³/mol. The van der Waals surface area contributed by atoms with Crippen LogP contribution in [0.2, 0.25) is 0 Å². The summed E-state index contributed by atoms with van der Waals surface area (Å²) >= 11 is 0. The van der Waals surface area contributed by atoms with Gasteiger partial charge in [0, 0.05) is 19.6 Å². The maximum Gasteiger partial charge on any atom is 0.415 e. The lowest BCUT2D eigenvalue weighted by Gasteiger charge is -2.23. The van der Waals surface area contributed by atoms with Crippen LogP contribution < -0.4 is 9.47 Å². The van der Waals surface area contributed by atoms with E-state index in [0.29, 0.717) is 50.1 Å². The van der Waals surface area contributed by atoms with Crippen molar-refractivity contribution in [1.82, 2.24) is 4.90 Å². The second-order valence-corrected chi connectivity index (χ2v) is 9.65. The van der Waals surface area contributed by atoms with Crippen molar-refractivity contribution in [2.24, 2.45) is 5.92 Å². The zero-order valence-electron chi connectivity index (χ0n) is 21.7. The summed E-state index contributed by atoms with van der Waals surface area (Å²) in [6.45, 7) is 7.83. The van der Waals surface area contributed by atoms with Crippen LogP contribution in [0.1, 0.15) is 56.7 Å². The van der Waals surface area contributed by atoms with E-state index in [4.69, 9.17) is 14.2 Å². The smallest absolute Gasteiger partial charge is 0.415 e. The van der Waals surface area contributed by atoms with Gasteiger partial charge in [0.2, 0.25) is 0 Å². The van der Waals surface area contributed by atoms with Gasteiger partial charge in [-0.25, -0.2) is 9.59 Å². The molecule has 2 aromatic rings. The fourth-order valence-corrected chi connectivity index (χ4v) is 4.39. The molecule has 1 aliphatic rings. The molecule has 0 saturated carbocycles. The van der Waals surface area contributed by atoms with Crippen LogP contribution in [0.4, 0.5) is 4.79 Å². The lowest BCUT2D eigenvalue weighted by molar-refractivity contribution is -0.149. The number of carboxylic acid groups (broad SMARTS) is 1. The van der Waals surface area contributed by atoms with Crippen LogP contribution in [0.25, 0.3) is 0 Å². The molecule has 3 rings (SSSR count). The number of fused-ring (bicyclic) bond motifs is 1. The van der Waals surface area contributed by atoms with Crippen LogP contribution in [0, 0.1) is 5.92 Å². The van der Waals surface area contributed by atoms with E-state index < -0.39 is 12.1 Å². The zero-order chi connectivity index (χ0) is 25.9. The minimum atomic E-state index is -0.971. The first-order chi connectivity index (χ1) is 17.4. The molecular formula is C29H39NO6. The summed E-state index contributed by atoms with van der Waals surface area (Å²) in [6.07, 6.45) is 4.29. The maximum atomic E-state index is 13.0. The van der Waals surface area contributed by atoms with Gasteiger partial charge in [-0.15, -0.1) is 0 Å². The fourth-order valence-electron chi connectivity index (χ4n) is 4.39. The third-order valence-corrected chi connectivity index (χ3v) is 6.36. The highest BCUT2D eigenvalue weighted by Crippen LogP contribution is 2.26. The van der Waals surface area contributed by atoms with E-state index in [9.17, 15) is 14.7 Å². The SMILES string of the molecule is CCOC(Cc1ccc(OCCN(CCCC(C)C)C(=O)Oc2ccc3c(c2)CCC3)cc1)C(=O)O. The Morgan fingerprint density at radius 3 is 2.42 bits per heavy atom. The van der Waals surface area contributed by atoms with Crippen molar-refractivity contribution >= 4 is 12.1 Å². The molecule has 196 valence electrons. The Labute approximate surface area is 214 Å².